The van der Waals surface area contributed by atoms with E-state index in [-0.39, 0.29) is 13.0 Å². The molecule has 1 aromatic heterocycles. The van der Waals surface area contributed by atoms with Gasteiger partial charge >= 0.3 is 6.09 Å². The van der Waals surface area contributed by atoms with Crippen LogP contribution in [0.5, 0.6) is 0 Å². The van der Waals surface area contributed by atoms with Crippen molar-refractivity contribution in [3.63, 3.8) is 0 Å². The molecule has 0 radical (unpaired) electrons. The number of imide groups is 3. The summed E-state index contributed by atoms with van der Waals surface area (Å²) in [7, 11) is 0. The fourth-order valence-corrected chi connectivity index (χ4v) is 4.05. The summed E-state index contributed by atoms with van der Waals surface area (Å²) in [6.07, 6.45) is 3.40. The molecule has 2 atom stereocenters. The average molecular weight is 462 g/mol. The number of hydrogen-bond acceptors (Lipinski definition) is 7. The molecule has 9 nitrogen and oxygen atoms in total. The molecular weight excluding hydrogens is 434 g/mol. The highest BCUT2D eigenvalue weighted by Crippen LogP contribution is 2.27. The minimum atomic E-state index is -1.14. The molecule has 176 valence electrons. The van der Waals surface area contributed by atoms with Crippen molar-refractivity contribution in [1.82, 2.24) is 14.9 Å². The Kier molecular flexibility index (Phi) is 7.34. The number of anilines is 1. The van der Waals surface area contributed by atoms with Crippen molar-refractivity contribution in [2.45, 2.75) is 38.0 Å². The molecule has 9 heteroatoms. The Morgan fingerprint density at radius 1 is 1.12 bits per heavy atom. The van der Waals surface area contributed by atoms with Crippen molar-refractivity contribution < 1.29 is 19.1 Å². The molecule has 4 rings (SSSR count). The maximum Gasteiger partial charge on any atom is 0.423 e. The number of hydrogen-bond donors (Lipinski definition) is 2. The number of ether oxygens (including phenoxy) is 1. The van der Waals surface area contributed by atoms with E-state index in [1.54, 1.807) is 18.3 Å². The van der Waals surface area contributed by atoms with E-state index in [2.05, 4.69) is 9.97 Å². The molecule has 34 heavy (non-hydrogen) atoms. The fourth-order valence-electron chi connectivity index (χ4n) is 4.05. The van der Waals surface area contributed by atoms with Crippen LogP contribution < -0.4 is 10.6 Å². The number of para-hydroxylation sites is 1. The first-order valence-corrected chi connectivity index (χ1v) is 11.2. The highest BCUT2D eigenvalue weighted by molar-refractivity contribution is 6.12. The number of benzene rings is 2. The number of nitrogens with two attached hydrogens (primary N) is 1. The van der Waals surface area contributed by atoms with Crippen LogP contribution in [0, 0.1) is 0 Å². The molecular formula is C25H27N5O4. The summed E-state index contributed by atoms with van der Waals surface area (Å²) in [6, 6.07) is 16.7. The standard InChI is InChI=1S/C25H27N5O4/c26-21(14-19-15-27-17-28-19)23(31)30(25(33)34-16-18-8-3-1-4-9-18)24(32)22-12-7-13-29(22)20-10-5-2-6-11-20/h1-6,8-11,15,17,21-22H,7,12-14,16,26H2,(H,27,28)/t21-,22-/m0/s1. The van der Waals surface area contributed by atoms with Gasteiger partial charge in [-0.3, -0.25) is 9.59 Å². The van der Waals surface area contributed by atoms with E-state index in [0.717, 1.165) is 17.7 Å². The van der Waals surface area contributed by atoms with Crippen molar-refractivity contribution in [2.75, 3.05) is 11.4 Å². The number of rotatable bonds is 7. The second kappa shape index (κ2) is 10.8. The van der Waals surface area contributed by atoms with Gasteiger partial charge in [-0.1, -0.05) is 48.5 Å². The first-order valence-electron chi connectivity index (χ1n) is 11.2. The highest BCUT2D eigenvalue weighted by atomic mass is 16.6. The van der Waals surface area contributed by atoms with Gasteiger partial charge in [-0.2, -0.15) is 4.90 Å². The normalized spacial score (nSPS) is 16.1. The van der Waals surface area contributed by atoms with E-state index >= 15 is 0 Å². The van der Waals surface area contributed by atoms with Gasteiger partial charge in [0, 0.05) is 24.8 Å². The van der Waals surface area contributed by atoms with Crippen LogP contribution in [0.1, 0.15) is 24.1 Å². The summed E-state index contributed by atoms with van der Waals surface area (Å²) in [5.41, 5.74) is 8.26. The van der Waals surface area contributed by atoms with Crippen LogP contribution in [-0.4, -0.2) is 51.4 Å². The Morgan fingerprint density at radius 2 is 1.82 bits per heavy atom. The molecule has 0 bridgehead atoms. The summed E-state index contributed by atoms with van der Waals surface area (Å²) < 4.78 is 5.37. The maximum atomic E-state index is 13.6. The van der Waals surface area contributed by atoms with E-state index in [1.165, 1.54) is 6.33 Å². The van der Waals surface area contributed by atoms with Crippen molar-refractivity contribution in [2.24, 2.45) is 5.73 Å². The van der Waals surface area contributed by atoms with E-state index in [4.69, 9.17) is 10.5 Å². The van der Waals surface area contributed by atoms with E-state index < -0.39 is 30.0 Å². The summed E-state index contributed by atoms with van der Waals surface area (Å²) >= 11 is 0. The Morgan fingerprint density at radius 3 is 2.50 bits per heavy atom. The number of aromatic amines is 1. The molecule has 3 aromatic rings. The minimum Gasteiger partial charge on any atom is -0.444 e. The maximum absolute atomic E-state index is 13.6. The lowest BCUT2D eigenvalue weighted by atomic mass is 10.1. The predicted octanol–water partition coefficient (Wildman–Crippen LogP) is 2.64. The van der Waals surface area contributed by atoms with Gasteiger partial charge in [0.05, 0.1) is 18.1 Å². The molecule has 0 aliphatic carbocycles. The Balaban J connectivity index is 1.56. The molecule has 2 aromatic carbocycles. The van der Waals surface area contributed by atoms with Gasteiger partial charge in [0.25, 0.3) is 11.8 Å². The van der Waals surface area contributed by atoms with Crippen LogP contribution in [0.4, 0.5) is 10.5 Å². The number of carbonyl (C=O) groups is 3. The molecule has 0 spiro atoms. The number of carbonyl (C=O) groups excluding carboxylic acids is 3. The summed E-state index contributed by atoms with van der Waals surface area (Å²) in [4.78, 5) is 49.3. The fraction of sp³-hybridized carbons (Fsp3) is 0.280. The lowest BCUT2D eigenvalue weighted by Crippen LogP contribution is -2.55. The van der Waals surface area contributed by atoms with Crippen LogP contribution in [-0.2, 0) is 27.4 Å². The second-order valence-electron chi connectivity index (χ2n) is 8.11. The van der Waals surface area contributed by atoms with Crippen LogP contribution in [0.15, 0.2) is 73.2 Å². The zero-order valence-electron chi connectivity index (χ0n) is 18.7. The lowest BCUT2D eigenvalue weighted by molar-refractivity contribution is -0.144. The zero-order valence-corrected chi connectivity index (χ0v) is 18.7. The molecule has 3 amide bonds. The van der Waals surface area contributed by atoms with Crippen LogP contribution >= 0.6 is 0 Å². The minimum absolute atomic E-state index is 0.0710. The average Bonchev–Trinajstić information content (AvgIpc) is 3.56. The lowest BCUT2D eigenvalue weighted by Gasteiger charge is -2.30. The van der Waals surface area contributed by atoms with Crippen molar-refractivity contribution in [1.29, 1.82) is 0 Å². The molecule has 2 heterocycles. The van der Waals surface area contributed by atoms with Crippen LogP contribution in [0.2, 0.25) is 0 Å². The summed E-state index contributed by atoms with van der Waals surface area (Å²) in [5.74, 6) is -1.45. The third-order valence-electron chi connectivity index (χ3n) is 5.76. The number of aromatic nitrogens is 2. The van der Waals surface area contributed by atoms with Crippen molar-refractivity contribution in [3.8, 4) is 0 Å². The molecule has 1 aliphatic rings. The van der Waals surface area contributed by atoms with Crippen LogP contribution in [0.25, 0.3) is 0 Å². The SMILES string of the molecule is N[C@@H](Cc1c[nH]cn1)C(=O)N(C(=O)OCc1ccccc1)C(=O)[C@@H]1CCCN1c1ccccc1. The predicted molar refractivity (Wildman–Crippen MR) is 126 cm³/mol. The number of amides is 3. The van der Waals surface area contributed by atoms with Gasteiger partial charge in [-0.15, -0.1) is 0 Å². The van der Waals surface area contributed by atoms with E-state index in [9.17, 15) is 14.4 Å². The number of nitrogens with zero attached hydrogens (tertiary/aromatic N) is 3. The first-order chi connectivity index (χ1) is 16.5. The monoisotopic (exact) mass is 461 g/mol. The van der Waals surface area contributed by atoms with Gasteiger partial charge in [0.1, 0.15) is 12.6 Å². The summed E-state index contributed by atoms with van der Waals surface area (Å²) in [6.45, 7) is 0.569. The molecule has 1 fully saturated rings. The van der Waals surface area contributed by atoms with Gasteiger partial charge in [0.2, 0.25) is 0 Å². The number of nitrogens with one attached hydrogen (secondary N) is 1. The zero-order chi connectivity index (χ0) is 23.9. The Labute approximate surface area is 197 Å². The molecule has 3 N–H and O–H groups in total. The molecule has 1 saturated heterocycles. The van der Waals surface area contributed by atoms with Crippen molar-refractivity contribution in [3.05, 3.63) is 84.4 Å². The second-order valence-corrected chi connectivity index (χ2v) is 8.11. The van der Waals surface area contributed by atoms with Crippen molar-refractivity contribution >= 4 is 23.6 Å². The van der Waals surface area contributed by atoms with E-state index in [1.807, 2.05) is 53.4 Å². The van der Waals surface area contributed by atoms with Gasteiger partial charge < -0.3 is 20.4 Å². The van der Waals surface area contributed by atoms with Gasteiger partial charge in [-0.05, 0) is 30.5 Å². The van der Waals surface area contributed by atoms with Gasteiger partial charge in [-0.25, -0.2) is 9.78 Å². The topological polar surface area (TPSA) is 122 Å². The number of imidazole rings is 1. The Hall–Kier alpha value is -3.98. The quantitative estimate of drug-likeness (QED) is 0.555. The van der Waals surface area contributed by atoms with Gasteiger partial charge in [0.15, 0.2) is 0 Å². The molecule has 0 unspecified atom stereocenters. The molecule has 1 aliphatic heterocycles. The largest absolute Gasteiger partial charge is 0.444 e. The Bertz CT molecular complexity index is 1100. The van der Waals surface area contributed by atoms with Crippen LogP contribution in [0.3, 0.4) is 0 Å². The highest BCUT2D eigenvalue weighted by Gasteiger charge is 2.41. The smallest absolute Gasteiger partial charge is 0.423 e. The third kappa shape index (κ3) is 5.32. The third-order valence-corrected chi connectivity index (χ3v) is 5.76. The first kappa shape index (κ1) is 23.2. The number of H-pyrrole nitrogens is 1. The van der Waals surface area contributed by atoms with E-state index in [0.29, 0.717) is 23.6 Å². The summed E-state index contributed by atoms with van der Waals surface area (Å²) in [5, 5.41) is 0. The molecule has 0 saturated carbocycles.